The molecule has 0 aliphatic carbocycles. The lowest BCUT2D eigenvalue weighted by Gasteiger charge is -2.25. The molecule has 5 heteroatoms. The van der Waals surface area contributed by atoms with E-state index in [0.29, 0.717) is 17.3 Å². The second kappa shape index (κ2) is 4.97. The molecular formula is C14H12N2O3. The lowest BCUT2D eigenvalue weighted by atomic mass is 10.2. The minimum absolute atomic E-state index is 0.190. The fraction of sp³-hybridized carbons (Fsp3) is 0.143. The molecule has 1 aromatic carbocycles. The number of pyridine rings is 1. The molecular weight excluding hydrogens is 244 g/mol. The van der Waals surface area contributed by atoms with E-state index in [2.05, 4.69) is 10.3 Å². The van der Waals surface area contributed by atoms with Gasteiger partial charge in [0.1, 0.15) is 12.4 Å². The second-order valence-electron chi connectivity index (χ2n) is 4.07. The number of para-hydroxylation sites is 2. The van der Waals surface area contributed by atoms with Crippen molar-refractivity contribution < 1.29 is 14.3 Å². The predicted molar refractivity (Wildman–Crippen MR) is 69.2 cm³/mol. The Morgan fingerprint density at radius 3 is 2.74 bits per heavy atom. The van der Waals surface area contributed by atoms with Crippen molar-refractivity contribution in [1.29, 1.82) is 0 Å². The topological polar surface area (TPSA) is 60.5 Å². The lowest BCUT2D eigenvalue weighted by molar-refractivity contribution is -0.125. The van der Waals surface area contributed by atoms with E-state index in [9.17, 15) is 4.79 Å². The number of aromatic nitrogens is 1. The molecule has 96 valence electrons. The smallest absolute Gasteiger partial charge is 0.270 e. The number of anilines is 1. The fourth-order valence-corrected chi connectivity index (χ4v) is 1.79. The molecule has 0 radical (unpaired) electrons. The Morgan fingerprint density at radius 2 is 1.95 bits per heavy atom. The van der Waals surface area contributed by atoms with Crippen molar-refractivity contribution in [2.45, 2.75) is 6.10 Å². The first kappa shape index (κ1) is 11.5. The van der Waals surface area contributed by atoms with Crippen molar-refractivity contribution in [3.8, 4) is 11.5 Å². The summed E-state index contributed by atoms with van der Waals surface area (Å²) < 4.78 is 11.1. The number of hydrogen-bond donors (Lipinski definition) is 1. The SMILES string of the molecule is O=C(Nc1ccccn1)[C@@H]1COc2ccccc2O1. The molecule has 0 unspecified atom stereocenters. The predicted octanol–water partition coefficient (Wildman–Crippen LogP) is 1.86. The van der Waals surface area contributed by atoms with Gasteiger partial charge >= 0.3 is 0 Å². The standard InChI is InChI=1S/C14H12N2O3/c17-14(16-13-7-3-4-8-15-13)12-9-18-10-5-1-2-6-11(10)19-12/h1-8,12H,9H2,(H,15,16,17)/t12-/m0/s1. The Hall–Kier alpha value is -2.56. The van der Waals surface area contributed by atoms with Crippen molar-refractivity contribution in [2.24, 2.45) is 0 Å². The highest BCUT2D eigenvalue weighted by molar-refractivity contribution is 5.93. The third-order valence-corrected chi connectivity index (χ3v) is 2.72. The highest BCUT2D eigenvalue weighted by Gasteiger charge is 2.27. The van der Waals surface area contributed by atoms with E-state index in [-0.39, 0.29) is 12.5 Å². The van der Waals surface area contributed by atoms with Gasteiger partial charge in [0.15, 0.2) is 11.5 Å². The number of amides is 1. The Bertz CT molecular complexity index is 586. The summed E-state index contributed by atoms with van der Waals surface area (Å²) in [6.07, 6.45) is 0.945. The zero-order chi connectivity index (χ0) is 13.1. The van der Waals surface area contributed by atoms with Crippen LogP contribution < -0.4 is 14.8 Å². The van der Waals surface area contributed by atoms with Gasteiger partial charge in [-0.2, -0.15) is 0 Å². The average molecular weight is 256 g/mol. The summed E-state index contributed by atoms with van der Waals surface area (Å²) in [6.45, 7) is 0.190. The average Bonchev–Trinajstić information content (AvgIpc) is 2.48. The molecule has 1 atom stereocenters. The molecule has 5 nitrogen and oxygen atoms in total. The largest absolute Gasteiger partial charge is 0.485 e. The van der Waals surface area contributed by atoms with Crippen molar-refractivity contribution in [3.05, 3.63) is 48.7 Å². The van der Waals surface area contributed by atoms with E-state index >= 15 is 0 Å². The number of benzene rings is 1. The maximum Gasteiger partial charge on any atom is 0.270 e. The molecule has 0 saturated carbocycles. The van der Waals surface area contributed by atoms with Crippen molar-refractivity contribution >= 4 is 11.7 Å². The van der Waals surface area contributed by atoms with Crippen LogP contribution in [0.15, 0.2) is 48.7 Å². The maximum absolute atomic E-state index is 12.0. The van der Waals surface area contributed by atoms with Gasteiger partial charge in [-0.1, -0.05) is 18.2 Å². The van der Waals surface area contributed by atoms with Gasteiger partial charge in [-0.3, -0.25) is 4.79 Å². The summed E-state index contributed by atoms with van der Waals surface area (Å²) in [6, 6.07) is 12.6. The maximum atomic E-state index is 12.0. The number of rotatable bonds is 2. The monoisotopic (exact) mass is 256 g/mol. The van der Waals surface area contributed by atoms with Crippen molar-refractivity contribution in [3.63, 3.8) is 0 Å². The number of nitrogens with one attached hydrogen (secondary N) is 1. The van der Waals surface area contributed by atoms with Gasteiger partial charge in [-0.15, -0.1) is 0 Å². The summed E-state index contributed by atoms with van der Waals surface area (Å²) in [5.74, 6) is 1.46. The minimum atomic E-state index is -0.670. The molecule has 2 heterocycles. The van der Waals surface area contributed by atoms with Gasteiger partial charge in [0.25, 0.3) is 5.91 Å². The normalized spacial score (nSPS) is 16.7. The van der Waals surface area contributed by atoms with Gasteiger partial charge in [0.05, 0.1) is 0 Å². The summed E-state index contributed by atoms with van der Waals surface area (Å²) in [5, 5.41) is 2.69. The van der Waals surface area contributed by atoms with Crippen LogP contribution in [0, 0.1) is 0 Å². The van der Waals surface area contributed by atoms with Gasteiger partial charge < -0.3 is 14.8 Å². The number of carbonyl (C=O) groups is 1. The van der Waals surface area contributed by atoms with E-state index in [4.69, 9.17) is 9.47 Å². The molecule has 0 spiro atoms. The third-order valence-electron chi connectivity index (χ3n) is 2.72. The zero-order valence-corrected chi connectivity index (χ0v) is 10.1. The van der Waals surface area contributed by atoms with E-state index in [1.165, 1.54) is 0 Å². The minimum Gasteiger partial charge on any atom is -0.485 e. The lowest BCUT2D eigenvalue weighted by Crippen LogP contribution is -2.40. The quantitative estimate of drug-likeness (QED) is 0.891. The molecule has 3 rings (SSSR count). The highest BCUT2D eigenvalue weighted by atomic mass is 16.6. The number of carbonyl (C=O) groups excluding carboxylic acids is 1. The van der Waals surface area contributed by atoms with Crippen LogP contribution in [0.25, 0.3) is 0 Å². The van der Waals surface area contributed by atoms with Crippen LogP contribution in [0.5, 0.6) is 11.5 Å². The molecule has 1 aliphatic heterocycles. The molecule has 0 fully saturated rings. The van der Waals surface area contributed by atoms with Gasteiger partial charge in [-0.05, 0) is 24.3 Å². The highest BCUT2D eigenvalue weighted by Crippen LogP contribution is 2.30. The van der Waals surface area contributed by atoms with Crippen LogP contribution in [0.2, 0.25) is 0 Å². The van der Waals surface area contributed by atoms with E-state index in [1.54, 1.807) is 30.5 Å². The molecule has 0 saturated heterocycles. The number of hydrogen-bond acceptors (Lipinski definition) is 4. The van der Waals surface area contributed by atoms with Gasteiger partial charge in [0.2, 0.25) is 6.10 Å². The number of nitrogens with zero attached hydrogens (tertiary/aromatic N) is 1. The number of fused-ring (bicyclic) bond motifs is 1. The van der Waals surface area contributed by atoms with Crippen LogP contribution in [-0.2, 0) is 4.79 Å². The third kappa shape index (κ3) is 2.49. The fourth-order valence-electron chi connectivity index (χ4n) is 1.79. The van der Waals surface area contributed by atoms with Crippen LogP contribution in [-0.4, -0.2) is 23.6 Å². The van der Waals surface area contributed by atoms with Crippen LogP contribution in [0.3, 0.4) is 0 Å². The van der Waals surface area contributed by atoms with E-state index < -0.39 is 6.10 Å². The Balaban J connectivity index is 1.70. The van der Waals surface area contributed by atoms with E-state index in [1.807, 2.05) is 18.2 Å². The molecule has 1 amide bonds. The van der Waals surface area contributed by atoms with Crippen LogP contribution in [0.4, 0.5) is 5.82 Å². The van der Waals surface area contributed by atoms with Crippen molar-refractivity contribution in [2.75, 3.05) is 11.9 Å². The summed E-state index contributed by atoms with van der Waals surface area (Å²) in [5.41, 5.74) is 0. The summed E-state index contributed by atoms with van der Waals surface area (Å²) in [7, 11) is 0. The summed E-state index contributed by atoms with van der Waals surface area (Å²) >= 11 is 0. The first-order valence-electron chi connectivity index (χ1n) is 5.93. The zero-order valence-electron chi connectivity index (χ0n) is 10.1. The van der Waals surface area contributed by atoms with Gasteiger partial charge in [-0.25, -0.2) is 4.98 Å². The Labute approximate surface area is 110 Å². The van der Waals surface area contributed by atoms with Crippen molar-refractivity contribution in [1.82, 2.24) is 4.98 Å². The second-order valence-corrected chi connectivity index (χ2v) is 4.07. The number of ether oxygens (including phenoxy) is 2. The summed E-state index contributed by atoms with van der Waals surface area (Å²) in [4.78, 5) is 16.1. The first-order chi connectivity index (χ1) is 9.33. The molecule has 2 aromatic rings. The molecule has 1 N–H and O–H groups in total. The molecule has 1 aromatic heterocycles. The van der Waals surface area contributed by atoms with Crippen LogP contribution in [0.1, 0.15) is 0 Å². The first-order valence-corrected chi connectivity index (χ1v) is 5.93. The van der Waals surface area contributed by atoms with Crippen LogP contribution >= 0.6 is 0 Å². The molecule has 0 bridgehead atoms. The Kier molecular flexibility index (Phi) is 3.02. The Morgan fingerprint density at radius 1 is 1.16 bits per heavy atom. The molecule has 19 heavy (non-hydrogen) atoms. The molecule has 1 aliphatic rings. The van der Waals surface area contributed by atoms with Gasteiger partial charge in [0, 0.05) is 6.20 Å². The van der Waals surface area contributed by atoms with E-state index in [0.717, 1.165) is 0 Å².